The van der Waals surface area contributed by atoms with Crippen molar-refractivity contribution in [3.63, 3.8) is 0 Å². The molecule has 0 aliphatic rings. The van der Waals surface area contributed by atoms with Crippen LogP contribution in [0.4, 0.5) is 11.4 Å². The predicted molar refractivity (Wildman–Crippen MR) is 89.8 cm³/mol. The van der Waals surface area contributed by atoms with Gasteiger partial charge in [-0.05, 0) is 30.3 Å². The van der Waals surface area contributed by atoms with Crippen molar-refractivity contribution in [3.8, 4) is 5.82 Å². The molecule has 25 heavy (non-hydrogen) atoms. The molecule has 2 heterocycles. The first-order valence-electron chi connectivity index (χ1n) is 6.99. The van der Waals surface area contributed by atoms with Gasteiger partial charge in [0.15, 0.2) is 11.5 Å². The third-order valence-corrected chi connectivity index (χ3v) is 3.57. The molecule has 2 aromatic heterocycles. The van der Waals surface area contributed by atoms with E-state index in [1.165, 1.54) is 29.5 Å². The molecule has 0 bridgehead atoms. The SMILES string of the molecule is CS(=O)(=O)Nc1cccc(NC(=O)c2ccc(-n3cncn3)nn2)c1. The summed E-state index contributed by atoms with van der Waals surface area (Å²) in [6, 6.07) is 9.39. The molecule has 0 unspecified atom stereocenters. The summed E-state index contributed by atoms with van der Waals surface area (Å²) in [4.78, 5) is 16.0. The van der Waals surface area contributed by atoms with Crippen molar-refractivity contribution >= 4 is 27.3 Å². The minimum absolute atomic E-state index is 0.102. The third-order valence-electron chi connectivity index (χ3n) is 2.96. The topological polar surface area (TPSA) is 132 Å². The van der Waals surface area contributed by atoms with E-state index in [0.29, 0.717) is 17.2 Å². The number of anilines is 2. The van der Waals surface area contributed by atoms with Crippen LogP contribution in [0.3, 0.4) is 0 Å². The number of benzene rings is 1. The van der Waals surface area contributed by atoms with Crippen molar-refractivity contribution in [1.82, 2.24) is 25.0 Å². The highest BCUT2D eigenvalue weighted by atomic mass is 32.2. The van der Waals surface area contributed by atoms with E-state index in [2.05, 4.69) is 30.3 Å². The van der Waals surface area contributed by atoms with Crippen molar-refractivity contribution in [3.05, 3.63) is 54.7 Å². The lowest BCUT2D eigenvalue weighted by Crippen LogP contribution is -2.15. The number of hydrogen-bond donors (Lipinski definition) is 2. The zero-order valence-electron chi connectivity index (χ0n) is 13.0. The maximum atomic E-state index is 12.2. The van der Waals surface area contributed by atoms with E-state index < -0.39 is 15.9 Å². The fourth-order valence-corrected chi connectivity index (χ4v) is 2.52. The number of nitrogens with zero attached hydrogens (tertiary/aromatic N) is 5. The quantitative estimate of drug-likeness (QED) is 0.684. The van der Waals surface area contributed by atoms with Gasteiger partial charge in [-0.2, -0.15) is 5.10 Å². The largest absolute Gasteiger partial charge is 0.321 e. The minimum atomic E-state index is -3.40. The molecule has 3 aromatic rings. The molecule has 10 nitrogen and oxygen atoms in total. The van der Waals surface area contributed by atoms with Crippen molar-refractivity contribution < 1.29 is 13.2 Å². The molecular formula is C14H13N7O3S. The van der Waals surface area contributed by atoms with E-state index in [1.54, 1.807) is 24.3 Å². The van der Waals surface area contributed by atoms with Crippen LogP contribution in [0.25, 0.3) is 5.82 Å². The number of amides is 1. The minimum Gasteiger partial charge on any atom is -0.321 e. The lowest BCUT2D eigenvalue weighted by molar-refractivity contribution is 0.102. The first-order valence-corrected chi connectivity index (χ1v) is 8.88. The smallest absolute Gasteiger partial charge is 0.276 e. The summed E-state index contributed by atoms with van der Waals surface area (Å²) in [6.07, 6.45) is 3.87. The average molecular weight is 359 g/mol. The van der Waals surface area contributed by atoms with Crippen LogP contribution in [0.1, 0.15) is 10.5 Å². The number of carbonyl (C=O) groups is 1. The second-order valence-corrected chi connectivity index (χ2v) is 6.77. The summed E-state index contributed by atoms with van der Waals surface area (Å²) in [5, 5.41) is 14.3. The fraction of sp³-hybridized carbons (Fsp3) is 0.0714. The molecule has 1 amide bonds. The van der Waals surface area contributed by atoms with Gasteiger partial charge in [-0.15, -0.1) is 10.2 Å². The van der Waals surface area contributed by atoms with Crippen LogP contribution in [0.5, 0.6) is 0 Å². The third kappa shape index (κ3) is 4.35. The Bertz CT molecular complexity index is 986. The molecule has 2 N–H and O–H groups in total. The lowest BCUT2D eigenvalue weighted by atomic mass is 10.2. The molecule has 0 fully saturated rings. The van der Waals surface area contributed by atoms with Crippen LogP contribution in [-0.2, 0) is 10.0 Å². The average Bonchev–Trinajstić information content (AvgIpc) is 3.08. The van der Waals surface area contributed by atoms with Gasteiger partial charge in [0, 0.05) is 5.69 Å². The Hall–Kier alpha value is -3.34. The molecule has 0 aliphatic heterocycles. The number of nitrogens with one attached hydrogen (secondary N) is 2. The van der Waals surface area contributed by atoms with Gasteiger partial charge in [-0.3, -0.25) is 9.52 Å². The van der Waals surface area contributed by atoms with Crippen LogP contribution >= 0.6 is 0 Å². The summed E-state index contributed by atoms with van der Waals surface area (Å²) < 4.78 is 26.3. The molecule has 0 aliphatic carbocycles. The maximum absolute atomic E-state index is 12.2. The Morgan fingerprint density at radius 2 is 1.92 bits per heavy atom. The fourth-order valence-electron chi connectivity index (χ4n) is 1.96. The van der Waals surface area contributed by atoms with E-state index in [1.807, 2.05) is 0 Å². The van der Waals surface area contributed by atoms with E-state index >= 15 is 0 Å². The van der Waals surface area contributed by atoms with Gasteiger partial charge in [0.25, 0.3) is 5.91 Å². The number of sulfonamides is 1. The first kappa shape index (κ1) is 16.5. The zero-order valence-corrected chi connectivity index (χ0v) is 13.8. The summed E-state index contributed by atoms with van der Waals surface area (Å²) in [7, 11) is -3.40. The van der Waals surface area contributed by atoms with E-state index in [9.17, 15) is 13.2 Å². The molecule has 0 saturated carbocycles. The highest BCUT2D eigenvalue weighted by Crippen LogP contribution is 2.16. The van der Waals surface area contributed by atoms with Gasteiger partial charge in [0.05, 0.1) is 11.9 Å². The van der Waals surface area contributed by atoms with Gasteiger partial charge in [-0.25, -0.2) is 18.1 Å². The first-order chi connectivity index (χ1) is 11.9. The Balaban J connectivity index is 1.73. The van der Waals surface area contributed by atoms with Gasteiger partial charge < -0.3 is 5.32 Å². The monoisotopic (exact) mass is 359 g/mol. The number of aromatic nitrogens is 5. The highest BCUT2D eigenvalue weighted by molar-refractivity contribution is 7.92. The second kappa shape index (κ2) is 6.65. The van der Waals surface area contributed by atoms with E-state index in [4.69, 9.17) is 0 Å². The summed E-state index contributed by atoms with van der Waals surface area (Å²) in [5.74, 6) is -0.0532. The molecule has 0 radical (unpaired) electrons. The van der Waals surface area contributed by atoms with Crippen molar-refractivity contribution in [2.45, 2.75) is 0 Å². The summed E-state index contributed by atoms with van der Waals surface area (Å²) >= 11 is 0. The Morgan fingerprint density at radius 3 is 2.56 bits per heavy atom. The zero-order chi connectivity index (χ0) is 17.9. The normalized spacial score (nSPS) is 11.1. The summed E-state index contributed by atoms with van der Waals surface area (Å²) in [5.41, 5.74) is 0.860. The van der Waals surface area contributed by atoms with Crippen LogP contribution < -0.4 is 10.0 Å². The number of hydrogen-bond acceptors (Lipinski definition) is 7. The van der Waals surface area contributed by atoms with Crippen LogP contribution in [0.2, 0.25) is 0 Å². The predicted octanol–water partition coefficient (Wildman–Crippen LogP) is 0.681. The van der Waals surface area contributed by atoms with Crippen LogP contribution in [-0.4, -0.2) is 45.5 Å². The molecule has 0 saturated heterocycles. The lowest BCUT2D eigenvalue weighted by Gasteiger charge is -2.08. The number of rotatable bonds is 5. The maximum Gasteiger partial charge on any atom is 0.276 e. The van der Waals surface area contributed by atoms with Crippen molar-refractivity contribution in [1.29, 1.82) is 0 Å². The van der Waals surface area contributed by atoms with Crippen molar-refractivity contribution in [2.75, 3.05) is 16.3 Å². The van der Waals surface area contributed by atoms with Crippen LogP contribution in [0.15, 0.2) is 49.1 Å². The Morgan fingerprint density at radius 1 is 1.12 bits per heavy atom. The summed E-state index contributed by atoms with van der Waals surface area (Å²) in [6.45, 7) is 0. The van der Waals surface area contributed by atoms with Gasteiger partial charge in [-0.1, -0.05) is 6.07 Å². The van der Waals surface area contributed by atoms with E-state index in [-0.39, 0.29) is 5.69 Å². The van der Waals surface area contributed by atoms with E-state index in [0.717, 1.165) is 6.26 Å². The molecule has 11 heteroatoms. The Labute approximate surface area is 143 Å². The molecular weight excluding hydrogens is 346 g/mol. The second-order valence-electron chi connectivity index (χ2n) is 5.03. The molecule has 0 atom stereocenters. The van der Waals surface area contributed by atoms with Gasteiger partial charge >= 0.3 is 0 Å². The van der Waals surface area contributed by atoms with Gasteiger partial charge in [0.1, 0.15) is 12.7 Å². The molecule has 0 spiro atoms. The Kier molecular flexibility index (Phi) is 4.39. The van der Waals surface area contributed by atoms with Crippen molar-refractivity contribution in [2.24, 2.45) is 0 Å². The molecule has 128 valence electrons. The standard InChI is InChI=1S/C14H13N7O3S/c1-25(23,24)20-11-4-2-3-10(7-11)17-14(22)12-5-6-13(19-18-12)21-9-15-8-16-21/h2-9,20H,1H3,(H,17,22). The van der Waals surface area contributed by atoms with Crippen LogP contribution in [0, 0.1) is 0 Å². The highest BCUT2D eigenvalue weighted by Gasteiger charge is 2.10. The molecule has 3 rings (SSSR count). The van der Waals surface area contributed by atoms with Gasteiger partial charge in [0.2, 0.25) is 10.0 Å². The molecule has 1 aromatic carbocycles. The number of carbonyl (C=O) groups excluding carboxylic acids is 1.